The summed E-state index contributed by atoms with van der Waals surface area (Å²) >= 11 is 0. The molecule has 0 saturated heterocycles. The molecule has 0 atom stereocenters. The van der Waals surface area contributed by atoms with Crippen LogP contribution in [0.5, 0.6) is 0 Å². The molecule has 0 saturated carbocycles. The summed E-state index contributed by atoms with van der Waals surface area (Å²) in [5.74, 6) is 0.722. The molecule has 13 heavy (non-hydrogen) atoms. The third kappa shape index (κ3) is 6.04. The maximum Gasteiger partial charge on any atom is 0.0984 e. The Bertz CT molecular complexity index is 192. The van der Waals surface area contributed by atoms with Gasteiger partial charge in [-0.3, -0.25) is 0 Å². The number of likely N-dealkylation sites (N-methyl/N-ethyl adjacent to an activating group) is 2. The molecule has 0 heterocycles. The van der Waals surface area contributed by atoms with E-state index in [1.54, 1.807) is 6.08 Å². The lowest BCUT2D eigenvalue weighted by atomic mass is 10.4. The number of nitrogens with zero attached hydrogens (tertiary/aromatic N) is 1. The quantitative estimate of drug-likeness (QED) is 0.518. The summed E-state index contributed by atoms with van der Waals surface area (Å²) < 4.78 is 0. The molecule has 0 rings (SSSR count). The fraction of sp³-hybridized carbons (Fsp3) is 0.556. The highest BCUT2D eigenvalue weighted by molar-refractivity contribution is 5.12. The van der Waals surface area contributed by atoms with Crippen LogP contribution in [0, 0.1) is 0 Å². The molecule has 5 N–H and O–H groups in total. The molecular formula is C9H20N4. The first-order valence-corrected chi connectivity index (χ1v) is 4.33. The number of nitrogens with one attached hydrogen (secondary N) is 1. The number of allylic oxidation sites excluding steroid dienone is 3. The maximum absolute atomic E-state index is 5.77. The molecule has 0 aromatic rings. The van der Waals surface area contributed by atoms with E-state index in [2.05, 4.69) is 5.32 Å². The molecule has 0 amide bonds. The van der Waals surface area contributed by atoms with E-state index in [1.807, 2.05) is 32.0 Å². The number of nitrogens with two attached hydrogens (primary N) is 2. The second-order valence-electron chi connectivity index (χ2n) is 3.03. The van der Waals surface area contributed by atoms with Crippen LogP contribution >= 0.6 is 0 Å². The molecule has 76 valence electrons. The van der Waals surface area contributed by atoms with Gasteiger partial charge in [-0.1, -0.05) is 0 Å². The van der Waals surface area contributed by atoms with Crippen molar-refractivity contribution in [2.75, 3.05) is 27.2 Å². The average Bonchev–Trinajstić information content (AvgIpc) is 2.10. The zero-order valence-corrected chi connectivity index (χ0v) is 8.67. The van der Waals surface area contributed by atoms with Gasteiger partial charge >= 0.3 is 0 Å². The molecule has 0 aromatic carbocycles. The van der Waals surface area contributed by atoms with Crippen molar-refractivity contribution < 1.29 is 0 Å². The summed E-state index contributed by atoms with van der Waals surface area (Å²) in [6.45, 7) is 3.63. The SMILES string of the molecule is CNCCN(C)/C(N)=C/C=C(/C)N. The van der Waals surface area contributed by atoms with Crippen LogP contribution in [-0.4, -0.2) is 32.1 Å². The van der Waals surface area contributed by atoms with Crippen molar-refractivity contribution in [1.82, 2.24) is 10.2 Å². The summed E-state index contributed by atoms with van der Waals surface area (Å²) in [6, 6.07) is 0. The minimum absolute atomic E-state index is 0.722. The summed E-state index contributed by atoms with van der Waals surface area (Å²) in [5, 5.41) is 3.05. The molecule has 0 aliphatic heterocycles. The Kier molecular flexibility index (Phi) is 5.80. The van der Waals surface area contributed by atoms with Gasteiger partial charge in [0.2, 0.25) is 0 Å². The topological polar surface area (TPSA) is 67.3 Å². The number of hydrogen-bond acceptors (Lipinski definition) is 4. The fourth-order valence-electron chi connectivity index (χ4n) is 0.753. The van der Waals surface area contributed by atoms with Crippen molar-refractivity contribution in [1.29, 1.82) is 0 Å². The molecular weight excluding hydrogens is 164 g/mol. The maximum atomic E-state index is 5.77. The van der Waals surface area contributed by atoms with Crippen LogP contribution < -0.4 is 16.8 Å². The Morgan fingerprint density at radius 3 is 2.46 bits per heavy atom. The molecule has 0 unspecified atom stereocenters. The Morgan fingerprint density at radius 1 is 1.38 bits per heavy atom. The van der Waals surface area contributed by atoms with Crippen LogP contribution in [0.1, 0.15) is 6.92 Å². The predicted molar refractivity (Wildman–Crippen MR) is 56.8 cm³/mol. The van der Waals surface area contributed by atoms with E-state index in [4.69, 9.17) is 11.5 Å². The van der Waals surface area contributed by atoms with E-state index < -0.39 is 0 Å². The monoisotopic (exact) mass is 184 g/mol. The van der Waals surface area contributed by atoms with Gasteiger partial charge in [0.05, 0.1) is 5.82 Å². The Hall–Kier alpha value is -1.16. The lowest BCUT2D eigenvalue weighted by molar-refractivity contribution is 0.411. The highest BCUT2D eigenvalue weighted by Crippen LogP contribution is 1.93. The highest BCUT2D eigenvalue weighted by atomic mass is 15.2. The summed E-state index contributed by atoms with van der Waals surface area (Å²) in [5.41, 5.74) is 12.0. The second kappa shape index (κ2) is 6.37. The van der Waals surface area contributed by atoms with Gasteiger partial charge in [0.15, 0.2) is 0 Å². The third-order valence-corrected chi connectivity index (χ3v) is 1.65. The average molecular weight is 184 g/mol. The van der Waals surface area contributed by atoms with Gasteiger partial charge in [-0.15, -0.1) is 0 Å². The Morgan fingerprint density at radius 2 is 2.00 bits per heavy atom. The van der Waals surface area contributed by atoms with Crippen LogP contribution in [-0.2, 0) is 0 Å². The smallest absolute Gasteiger partial charge is 0.0984 e. The van der Waals surface area contributed by atoms with Crippen molar-refractivity contribution >= 4 is 0 Å². The van der Waals surface area contributed by atoms with E-state index in [0.717, 1.165) is 24.6 Å². The van der Waals surface area contributed by atoms with Gasteiger partial charge in [0.25, 0.3) is 0 Å². The number of hydrogen-bond donors (Lipinski definition) is 3. The zero-order valence-electron chi connectivity index (χ0n) is 8.67. The second-order valence-corrected chi connectivity index (χ2v) is 3.03. The van der Waals surface area contributed by atoms with Crippen LogP contribution in [0.15, 0.2) is 23.7 Å². The van der Waals surface area contributed by atoms with E-state index in [0.29, 0.717) is 0 Å². The first-order chi connectivity index (χ1) is 6.07. The van der Waals surface area contributed by atoms with Gasteiger partial charge in [0.1, 0.15) is 0 Å². The molecule has 0 aliphatic rings. The predicted octanol–water partition coefficient (Wildman–Crippen LogP) is -0.200. The lowest BCUT2D eigenvalue weighted by Gasteiger charge is -2.18. The van der Waals surface area contributed by atoms with Gasteiger partial charge in [0, 0.05) is 25.8 Å². The van der Waals surface area contributed by atoms with Crippen LogP contribution in [0.2, 0.25) is 0 Å². The third-order valence-electron chi connectivity index (χ3n) is 1.65. The van der Waals surface area contributed by atoms with E-state index in [1.165, 1.54) is 0 Å². The molecule has 4 heteroatoms. The van der Waals surface area contributed by atoms with Crippen molar-refractivity contribution in [3.8, 4) is 0 Å². The van der Waals surface area contributed by atoms with Gasteiger partial charge in [-0.25, -0.2) is 0 Å². The molecule has 0 aliphatic carbocycles. The standard InChI is InChI=1S/C9H20N4/c1-8(10)4-5-9(11)13(3)7-6-12-2/h4-5,12H,6-7,10-11H2,1-3H3/b8-4-,9-5+. The first-order valence-electron chi connectivity index (χ1n) is 4.33. The van der Waals surface area contributed by atoms with Crippen molar-refractivity contribution in [3.63, 3.8) is 0 Å². The Balaban J connectivity index is 4.00. The van der Waals surface area contributed by atoms with Crippen LogP contribution in [0.3, 0.4) is 0 Å². The fourth-order valence-corrected chi connectivity index (χ4v) is 0.753. The van der Waals surface area contributed by atoms with Gasteiger partial charge in [-0.2, -0.15) is 0 Å². The summed E-state index contributed by atoms with van der Waals surface area (Å²) in [4.78, 5) is 1.97. The minimum atomic E-state index is 0.722. The molecule has 0 radical (unpaired) electrons. The molecule has 0 fully saturated rings. The van der Waals surface area contributed by atoms with Crippen molar-refractivity contribution in [3.05, 3.63) is 23.7 Å². The molecule has 0 aromatic heterocycles. The lowest BCUT2D eigenvalue weighted by Crippen LogP contribution is -2.30. The van der Waals surface area contributed by atoms with Gasteiger partial charge in [-0.05, 0) is 26.1 Å². The van der Waals surface area contributed by atoms with Crippen LogP contribution in [0.25, 0.3) is 0 Å². The molecule has 4 nitrogen and oxygen atoms in total. The van der Waals surface area contributed by atoms with E-state index in [9.17, 15) is 0 Å². The summed E-state index contributed by atoms with van der Waals surface area (Å²) in [6.07, 6.45) is 3.61. The van der Waals surface area contributed by atoms with Crippen LogP contribution in [0.4, 0.5) is 0 Å². The highest BCUT2D eigenvalue weighted by Gasteiger charge is 1.96. The molecule has 0 spiro atoms. The van der Waals surface area contributed by atoms with Crippen molar-refractivity contribution in [2.24, 2.45) is 11.5 Å². The minimum Gasteiger partial charge on any atom is -0.402 e. The van der Waals surface area contributed by atoms with Gasteiger partial charge < -0.3 is 21.7 Å². The van der Waals surface area contributed by atoms with E-state index in [-0.39, 0.29) is 0 Å². The first kappa shape index (κ1) is 11.8. The number of rotatable bonds is 5. The van der Waals surface area contributed by atoms with E-state index >= 15 is 0 Å². The van der Waals surface area contributed by atoms with Crippen molar-refractivity contribution in [2.45, 2.75) is 6.92 Å². The molecule has 0 bridgehead atoms. The largest absolute Gasteiger partial charge is 0.402 e. The zero-order chi connectivity index (χ0) is 10.3. The Labute approximate surface area is 80.3 Å². The summed E-state index contributed by atoms with van der Waals surface area (Å²) in [7, 11) is 3.86. The normalized spacial score (nSPS) is 13.2.